The van der Waals surface area contributed by atoms with E-state index in [-0.39, 0.29) is 6.17 Å². The van der Waals surface area contributed by atoms with Crippen molar-refractivity contribution in [3.63, 3.8) is 0 Å². The first kappa shape index (κ1) is 17.5. The van der Waals surface area contributed by atoms with Gasteiger partial charge in [0.25, 0.3) is 0 Å². The summed E-state index contributed by atoms with van der Waals surface area (Å²) in [5, 5.41) is 3.39. The van der Waals surface area contributed by atoms with Crippen LogP contribution in [0.1, 0.15) is 57.8 Å². The molecule has 4 heteroatoms. The van der Waals surface area contributed by atoms with Crippen molar-refractivity contribution in [3.8, 4) is 0 Å². The van der Waals surface area contributed by atoms with Crippen molar-refractivity contribution in [1.29, 1.82) is 0 Å². The van der Waals surface area contributed by atoms with Gasteiger partial charge in [0.15, 0.2) is 12.5 Å². The number of nitrogens with one attached hydrogen (secondary N) is 1. The third kappa shape index (κ3) is 3.16. The largest absolute Gasteiger partial charge is 0.358 e. The van der Waals surface area contributed by atoms with Crippen LogP contribution in [0, 0.1) is 11.8 Å². The second-order valence-corrected chi connectivity index (χ2v) is 9.12. The van der Waals surface area contributed by atoms with Gasteiger partial charge in [-0.2, -0.15) is 0 Å². The van der Waals surface area contributed by atoms with Crippen molar-refractivity contribution < 1.29 is 4.79 Å². The summed E-state index contributed by atoms with van der Waals surface area (Å²) < 4.78 is 0. The minimum atomic E-state index is -0.198. The lowest BCUT2D eigenvalue weighted by atomic mass is 9.67. The molecule has 4 unspecified atom stereocenters. The van der Waals surface area contributed by atoms with Crippen molar-refractivity contribution in [1.82, 2.24) is 4.90 Å². The first-order valence-electron chi connectivity index (χ1n) is 11.2. The summed E-state index contributed by atoms with van der Waals surface area (Å²) in [5.74, 6) is 1.96. The average molecular weight is 368 g/mol. The number of carbonyl (C=O) groups is 1. The van der Waals surface area contributed by atoms with Gasteiger partial charge in [-0.3, -0.25) is 9.69 Å². The summed E-state index contributed by atoms with van der Waals surface area (Å²) in [6, 6.07) is 9.68. The molecule has 146 valence electrons. The lowest BCUT2D eigenvalue weighted by molar-refractivity contribution is -0.108. The van der Waals surface area contributed by atoms with Gasteiger partial charge < -0.3 is 10.2 Å². The van der Waals surface area contributed by atoms with Crippen LogP contribution in [0.2, 0.25) is 0 Å². The van der Waals surface area contributed by atoms with Crippen molar-refractivity contribution in [2.24, 2.45) is 11.8 Å². The van der Waals surface area contributed by atoms with Crippen LogP contribution >= 0.6 is 0 Å². The van der Waals surface area contributed by atoms with Crippen LogP contribution in [-0.4, -0.2) is 42.5 Å². The molecule has 2 saturated carbocycles. The van der Waals surface area contributed by atoms with Crippen molar-refractivity contribution in [3.05, 3.63) is 24.3 Å². The molecule has 0 aromatic heterocycles. The predicted octanol–water partition coefficient (Wildman–Crippen LogP) is 4.27. The molecule has 3 fully saturated rings. The van der Waals surface area contributed by atoms with E-state index in [1.807, 2.05) is 6.07 Å². The van der Waals surface area contributed by atoms with Crippen LogP contribution in [0.15, 0.2) is 24.3 Å². The molecule has 2 aliphatic heterocycles. The fourth-order valence-corrected chi connectivity index (χ4v) is 6.58. The second kappa shape index (κ2) is 7.46. The number of hydrogen-bond donors (Lipinski definition) is 1. The molecule has 1 saturated heterocycles. The van der Waals surface area contributed by atoms with Gasteiger partial charge >= 0.3 is 0 Å². The van der Waals surface area contributed by atoms with Gasteiger partial charge in [0, 0.05) is 25.2 Å². The number of benzene rings is 1. The monoisotopic (exact) mass is 367 g/mol. The Morgan fingerprint density at radius 2 is 1.70 bits per heavy atom. The lowest BCUT2D eigenvalue weighted by Crippen LogP contribution is -2.54. The van der Waals surface area contributed by atoms with Crippen molar-refractivity contribution in [2.75, 3.05) is 23.3 Å². The Kier molecular flexibility index (Phi) is 4.85. The Balaban J connectivity index is 1.27. The standard InChI is InChI=1S/C23H33N3O/c27-16-23-24-20-9-3-4-10-22(20)26(23)18-12-14-25(15-13-18)21-11-5-7-17-6-1-2-8-19(17)21/h3-4,9-10,16-19,21,23-24H,1-2,5-8,11-15H2. The highest BCUT2D eigenvalue weighted by Crippen LogP contribution is 2.44. The molecule has 0 bridgehead atoms. The van der Waals surface area contributed by atoms with Gasteiger partial charge in [-0.25, -0.2) is 0 Å². The van der Waals surface area contributed by atoms with Crippen LogP contribution in [0.4, 0.5) is 11.4 Å². The molecular formula is C23H33N3O. The van der Waals surface area contributed by atoms with Crippen LogP contribution in [0.3, 0.4) is 0 Å². The van der Waals surface area contributed by atoms with Gasteiger partial charge in [0.2, 0.25) is 0 Å². The summed E-state index contributed by atoms with van der Waals surface area (Å²) in [5.41, 5.74) is 2.31. The van der Waals surface area contributed by atoms with Crippen molar-refractivity contribution in [2.45, 2.75) is 76.0 Å². The molecule has 2 heterocycles. The number of aldehydes is 1. The van der Waals surface area contributed by atoms with Crippen LogP contribution < -0.4 is 10.2 Å². The molecule has 1 aromatic rings. The van der Waals surface area contributed by atoms with Gasteiger partial charge in [-0.15, -0.1) is 0 Å². The van der Waals surface area contributed by atoms with Gasteiger partial charge in [0.05, 0.1) is 11.4 Å². The summed E-state index contributed by atoms with van der Waals surface area (Å²) in [6.07, 6.45) is 13.4. The molecule has 0 amide bonds. The van der Waals surface area contributed by atoms with E-state index < -0.39 is 0 Å². The van der Waals surface area contributed by atoms with E-state index in [2.05, 4.69) is 33.3 Å². The van der Waals surface area contributed by atoms with Crippen LogP contribution in [0.25, 0.3) is 0 Å². The smallest absolute Gasteiger partial charge is 0.162 e. The molecular weight excluding hydrogens is 334 g/mol. The van der Waals surface area contributed by atoms with E-state index in [9.17, 15) is 4.79 Å². The van der Waals surface area contributed by atoms with Gasteiger partial charge in [0.1, 0.15) is 0 Å². The maximum atomic E-state index is 11.7. The summed E-state index contributed by atoms with van der Waals surface area (Å²) >= 11 is 0. The normalized spacial score (nSPS) is 34.6. The molecule has 27 heavy (non-hydrogen) atoms. The number of fused-ring (bicyclic) bond motifs is 2. The minimum absolute atomic E-state index is 0.198. The van der Waals surface area contributed by atoms with E-state index in [0.717, 1.165) is 29.9 Å². The predicted molar refractivity (Wildman–Crippen MR) is 110 cm³/mol. The molecule has 4 aliphatic rings. The highest BCUT2D eigenvalue weighted by molar-refractivity contribution is 5.84. The Bertz CT molecular complexity index is 667. The molecule has 4 atom stereocenters. The van der Waals surface area contributed by atoms with E-state index >= 15 is 0 Å². The number of hydrogen-bond acceptors (Lipinski definition) is 4. The summed E-state index contributed by atoms with van der Waals surface area (Å²) in [4.78, 5) is 16.9. The molecule has 1 N–H and O–H groups in total. The Labute approximate surface area is 163 Å². The van der Waals surface area contributed by atoms with Gasteiger partial charge in [-0.05, 0) is 49.7 Å². The second-order valence-electron chi connectivity index (χ2n) is 9.12. The minimum Gasteiger partial charge on any atom is -0.358 e. The zero-order chi connectivity index (χ0) is 18.2. The Morgan fingerprint density at radius 3 is 2.56 bits per heavy atom. The fraction of sp³-hybridized carbons (Fsp3) is 0.696. The fourth-order valence-electron chi connectivity index (χ4n) is 6.58. The molecule has 4 nitrogen and oxygen atoms in total. The summed E-state index contributed by atoms with van der Waals surface area (Å²) in [7, 11) is 0. The number of carbonyl (C=O) groups excluding carboxylic acids is 1. The Morgan fingerprint density at radius 1 is 0.926 bits per heavy atom. The van der Waals surface area contributed by atoms with Gasteiger partial charge in [-0.1, -0.05) is 44.2 Å². The first-order valence-corrected chi connectivity index (χ1v) is 11.2. The number of para-hydroxylation sites is 2. The van der Waals surface area contributed by atoms with E-state index in [1.54, 1.807) is 0 Å². The molecule has 0 spiro atoms. The highest BCUT2D eigenvalue weighted by Gasteiger charge is 2.41. The number of anilines is 2. The zero-order valence-electron chi connectivity index (χ0n) is 16.4. The molecule has 5 rings (SSSR count). The highest BCUT2D eigenvalue weighted by atomic mass is 16.1. The summed E-state index contributed by atoms with van der Waals surface area (Å²) in [6.45, 7) is 2.39. The SMILES string of the molecule is O=CC1Nc2ccccc2N1C1CCN(C2CCCC3CCCCC32)CC1. The maximum Gasteiger partial charge on any atom is 0.162 e. The number of nitrogens with zero attached hydrogens (tertiary/aromatic N) is 2. The van der Waals surface area contributed by atoms with Crippen molar-refractivity contribution >= 4 is 17.7 Å². The third-order valence-corrected chi connectivity index (χ3v) is 7.81. The van der Waals surface area contributed by atoms with E-state index in [0.29, 0.717) is 6.04 Å². The topological polar surface area (TPSA) is 35.6 Å². The van der Waals surface area contributed by atoms with E-state index in [1.165, 1.54) is 76.6 Å². The number of likely N-dealkylation sites (tertiary alicyclic amines) is 1. The quantitative estimate of drug-likeness (QED) is 0.810. The maximum absolute atomic E-state index is 11.7. The third-order valence-electron chi connectivity index (χ3n) is 7.81. The van der Waals surface area contributed by atoms with Crippen LogP contribution in [0.5, 0.6) is 0 Å². The van der Waals surface area contributed by atoms with E-state index in [4.69, 9.17) is 0 Å². The average Bonchev–Trinajstić information content (AvgIpc) is 3.12. The number of piperidine rings is 1. The lowest BCUT2D eigenvalue weighted by Gasteiger charge is -2.49. The Hall–Kier alpha value is -1.55. The first-order chi connectivity index (χ1) is 13.3. The zero-order valence-corrected chi connectivity index (χ0v) is 16.4. The molecule has 1 aromatic carbocycles. The number of rotatable bonds is 3. The van der Waals surface area contributed by atoms with Crippen LogP contribution in [-0.2, 0) is 4.79 Å². The molecule has 0 radical (unpaired) electrons. The molecule has 2 aliphatic carbocycles.